The predicted molar refractivity (Wildman–Crippen MR) is 108 cm³/mol. The fourth-order valence-electron chi connectivity index (χ4n) is 2.68. The maximum absolute atomic E-state index is 12.3. The van der Waals surface area contributed by atoms with Crippen LogP contribution >= 0.6 is 0 Å². The zero-order chi connectivity index (χ0) is 20.5. The van der Waals surface area contributed by atoms with Gasteiger partial charge < -0.3 is 15.0 Å². The minimum atomic E-state index is -0.544. The molecule has 0 aliphatic carbocycles. The van der Waals surface area contributed by atoms with Crippen molar-refractivity contribution in [3.05, 3.63) is 65.2 Å². The number of aryl methyl sites for hydroxylation is 1. The van der Waals surface area contributed by atoms with Gasteiger partial charge in [0, 0.05) is 24.3 Å². The average molecular weight is 382 g/mol. The van der Waals surface area contributed by atoms with Crippen LogP contribution in [-0.2, 0) is 16.0 Å². The second-order valence-corrected chi connectivity index (χ2v) is 6.23. The molecule has 6 nitrogen and oxygen atoms in total. The lowest BCUT2D eigenvalue weighted by molar-refractivity contribution is -0.119. The van der Waals surface area contributed by atoms with Crippen molar-refractivity contribution in [3.8, 4) is 0 Å². The molecular formula is C22H26N2O4. The van der Waals surface area contributed by atoms with Crippen LogP contribution in [-0.4, -0.2) is 42.4 Å². The van der Waals surface area contributed by atoms with Gasteiger partial charge in [0.25, 0.3) is 11.8 Å². The van der Waals surface area contributed by atoms with Crippen molar-refractivity contribution in [3.63, 3.8) is 0 Å². The van der Waals surface area contributed by atoms with Gasteiger partial charge in [0.05, 0.1) is 5.56 Å². The zero-order valence-electron chi connectivity index (χ0n) is 16.5. The number of benzene rings is 2. The molecule has 0 unspecified atom stereocenters. The smallest absolute Gasteiger partial charge is 0.338 e. The number of amides is 2. The van der Waals surface area contributed by atoms with E-state index in [0.717, 1.165) is 12.0 Å². The molecule has 0 bridgehead atoms. The van der Waals surface area contributed by atoms with E-state index < -0.39 is 11.9 Å². The number of ether oxygens (including phenoxy) is 1. The van der Waals surface area contributed by atoms with E-state index in [-0.39, 0.29) is 12.5 Å². The van der Waals surface area contributed by atoms with Gasteiger partial charge in [0.15, 0.2) is 6.61 Å². The predicted octanol–water partition coefficient (Wildman–Crippen LogP) is 3.53. The van der Waals surface area contributed by atoms with E-state index in [9.17, 15) is 14.4 Å². The highest BCUT2D eigenvalue weighted by atomic mass is 16.5. The summed E-state index contributed by atoms with van der Waals surface area (Å²) in [6, 6.07) is 13.7. The second-order valence-electron chi connectivity index (χ2n) is 6.23. The summed E-state index contributed by atoms with van der Waals surface area (Å²) in [5.41, 5.74) is 2.62. The average Bonchev–Trinajstić information content (AvgIpc) is 2.73. The number of nitrogens with one attached hydrogen (secondary N) is 1. The lowest BCUT2D eigenvalue weighted by Crippen LogP contribution is -2.30. The molecule has 2 aromatic carbocycles. The second kappa shape index (κ2) is 10.3. The van der Waals surface area contributed by atoms with Gasteiger partial charge in [0.1, 0.15) is 0 Å². The summed E-state index contributed by atoms with van der Waals surface area (Å²) in [7, 11) is 0. The molecule has 148 valence electrons. The first-order valence-electron chi connectivity index (χ1n) is 9.43. The third-order valence-electron chi connectivity index (χ3n) is 4.40. The van der Waals surface area contributed by atoms with Crippen molar-refractivity contribution in [1.82, 2.24) is 4.90 Å². The summed E-state index contributed by atoms with van der Waals surface area (Å²) in [5, 5.41) is 2.65. The lowest BCUT2D eigenvalue weighted by atomic mass is 10.1. The largest absolute Gasteiger partial charge is 0.452 e. The van der Waals surface area contributed by atoms with Crippen molar-refractivity contribution < 1.29 is 19.1 Å². The van der Waals surface area contributed by atoms with E-state index >= 15 is 0 Å². The highest BCUT2D eigenvalue weighted by Gasteiger charge is 2.13. The van der Waals surface area contributed by atoms with Crippen LogP contribution in [0.15, 0.2) is 48.5 Å². The van der Waals surface area contributed by atoms with Crippen LogP contribution in [0.3, 0.4) is 0 Å². The Morgan fingerprint density at radius 2 is 1.43 bits per heavy atom. The van der Waals surface area contributed by atoms with Crippen molar-refractivity contribution in [1.29, 1.82) is 0 Å². The Hall–Kier alpha value is -3.15. The van der Waals surface area contributed by atoms with Crippen LogP contribution in [0.25, 0.3) is 0 Å². The summed E-state index contributed by atoms with van der Waals surface area (Å²) in [4.78, 5) is 38.0. The van der Waals surface area contributed by atoms with Gasteiger partial charge in [-0.25, -0.2) is 4.79 Å². The third kappa shape index (κ3) is 5.67. The van der Waals surface area contributed by atoms with Gasteiger partial charge in [-0.3, -0.25) is 9.59 Å². The molecule has 0 aromatic heterocycles. The van der Waals surface area contributed by atoms with Gasteiger partial charge in [-0.2, -0.15) is 0 Å². The summed E-state index contributed by atoms with van der Waals surface area (Å²) in [6.45, 7) is 6.78. The fraction of sp³-hybridized carbons (Fsp3) is 0.318. The van der Waals surface area contributed by atoms with Gasteiger partial charge in [-0.15, -0.1) is 0 Å². The molecule has 6 heteroatoms. The molecule has 1 N–H and O–H groups in total. The Morgan fingerprint density at radius 3 is 1.96 bits per heavy atom. The third-order valence-corrected chi connectivity index (χ3v) is 4.40. The van der Waals surface area contributed by atoms with Gasteiger partial charge in [-0.05, 0) is 62.2 Å². The minimum absolute atomic E-state index is 0.0501. The zero-order valence-corrected chi connectivity index (χ0v) is 16.5. The van der Waals surface area contributed by atoms with Crippen LogP contribution in [0.1, 0.15) is 47.1 Å². The molecule has 2 aromatic rings. The lowest BCUT2D eigenvalue weighted by Gasteiger charge is -2.18. The van der Waals surface area contributed by atoms with Gasteiger partial charge >= 0.3 is 5.97 Å². The van der Waals surface area contributed by atoms with E-state index in [4.69, 9.17) is 4.74 Å². The highest BCUT2D eigenvalue weighted by molar-refractivity contribution is 5.97. The normalized spacial score (nSPS) is 10.2. The first-order chi connectivity index (χ1) is 13.5. The maximum Gasteiger partial charge on any atom is 0.338 e. The SMILES string of the molecule is CCc1ccc(C(=O)OCC(=O)Nc2ccc(C(=O)N(CC)CC)cc2)cc1. The summed E-state index contributed by atoms with van der Waals surface area (Å²) < 4.78 is 5.05. The number of esters is 1. The minimum Gasteiger partial charge on any atom is -0.452 e. The number of carbonyl (C=O) groups is 3. The molecule has 2 rings (SSSR count). The standard InChI is InChI=1S/C22H26N2O4/c1-4-16-7-9-18(10-8-16)22(27)28-15-20(25)23-19-13-11-17(12-14-19)21(26)24(5-2)6-3/h7-14H,4-6,15H2,1-3H3,(H,23,25). The molecular weight excluding hydrogens is 356 g/mol. The summed E-state index contributed by atoms with van der Waals surface area (Å²) >= 11 is 0. The number of rotatable bonds is 8. The Balaban J connectivity index is 1.87. The van der Waals surface area contributed by atoms with Gasteiger partial charge in [0.2, 0.25) is 0 Å². The maximum atomic E-state index is 12.3. The quantitative estimate of drug-likeness (QED) is 0.709. The molecule has 28 heavy (non-hydrogen) atoms. The molecule has 0 heterocycles. The molecule has 0 aliphatic rings. The van der Waals surface area contributed by atoms with E-state index in [1.165, 1.54) is 0 Å². The van der Waals surface area contributed by atoms with E-state index in [1.807, 2.05) is 32.9 Å². The van der Waals surface area contributed by atoms with Crippen molar-refractivity contribution in [2.45, 2.75) is 27.2 Å². The van der Waals surface area contributed by atoms with E-state index in [2.05, 4.69) is 5.32 Å². The van der Waals surface area contributed by atoms with Crippen molar-refractivity contribution in [2.24, 2.45) is 0 Å². The molecule has 0 saturated carbocycles. The van der Waals surface area contributed by atoms with Crippen LogP contribution in [0, 0.1) is 0 Å². The topological polar surface area (TPSA) is 75.7 Å². The first-order valence-corrected chi connectivity index (χ1v) is 9.43. The fourth-order valence-corrected chi connectivity index (χ4v) is 2.68. The molecule has 0 spiro atoms. The molecule has 0 aliphatic heterocycles. The molecule has 0 radical (unpaired) electrons. The number of carbonyl (C=O) groups excluding carboxylic acids is 3. The van der Waals surface area contributed by atoms with Crippen LogP contribution in [0.4, 0.5) is 5.69 Å². The van der Waals surface area contributed by atoms with E-state index in [0.29, 0.717) is 29.9 Å². The van der Waals surface area contributed by atoms with Crippen LogP contribution in [0.2, 0.25) is 0 Å². The van der Waals surface area contributed by atoms with Crippen LogP contribution in [0.5, 0.6) is 0 Å². The monoisotopic (exact) mass is 382 g/mol. The van der Waals surface area contributed by atoms with Crippen LogP contribution < -0.4 is 5.32 Å². The highest BCUT2D eigenvalue weighted by Crippen LogP contribution is 2.12. The first kappa shape index (κ1) is 21.2. The van der Waals surface area contributed by atoms with E-state index in [1.54, 1.807) is 41.3 Å². The molecule has 0 fully saturated rings. The van der Waals surface area contributed by atoms with Crippen molar-refractivity contribution in [2.75, 3.05) is 25.0 Å². The Morgan fingerprint density at radius 1 is 0.857 bits per heavy atom. The Kier molecular flexibility index (Phi) is 7.75. The number of anilines is 1. The molecule has 0 atom stereocenters. The van der Waals surface area contributed by atoms with Crippen molar-refractivity contribution >= 4 is 23.5 Å². The molecule has 0 saturated heterocycles. The Bertz CT molecular complexity index is 809. The summed E-state index contributed by atoms with van der Waals surface area (Å²) in [6.07, 6.45) is 0.886. The number of hydrogen-bond donors (Lipinski definition) is 1. The number of hydrogen-bond acceptors (Lipinski definition) is 4. The number of nitrogens with zero attached hydrogens (tertiary/aromatic N) is 1. The summed E-state index contributed by atoms with van der Waals surface area (Å²) in [5.74, 6) is -1.04. The molecule has 2 amide bonds. The van der Waals surface area contributed by atoms with Gasteiger partial charge in [-0.1, -0.05) is 19.1 Å². The Labute approximate surface area is 165 Å².